The van der Waals surface area contributed by atoms with Gasteiger partial charge in [-0.05, 0) is 19.3 Å². The van der Waals surface area contributed by atoms with Gasteiger partial charge in [0.25, 0.3) is 0 Å². The molecule has 0 fully saturated rings. The number of carboxylic acid groups (broad SMARTS) is 3. The fourth-order valence-corrected chi connectivity index (χ4v) is 1.05. The molecule has 0 aliphatic carbocycles. The van der Waals surface area contributed by atoms with Crippen molar-refractivity contribution in [2.75, 3.05) is 6.54 Å². The second kappa shape index (κ2) is 12.3. The summed E-state index contributed by atoms with van der Waals surface area (Å²) in [4.78, 5) is 33.8. The second-order valence-electron chi connectivity index (χ2n) is 4.27. The first-order chi connectivity index (χ1) is 10.1. The van der Waals surface area contributed by atoms with E-state index in [1.165, 1.54) is 0 Å². The van der Waals surface area contributed by atoms with Crippen molar-refractivity contribution in [3.8, 4) is 0 Å². The van der Waals surface area contributed by atoms with Gasteiger partial charge in [-0.3, -0.25) is 19.4 Å². The minimum atomic E-state index is -1.17. The first kappa shape index (κ1) is 21.9. The molecule has 0 saturated carbocycles. The Morgan fingerprint density at radius 3 is 1.73 bits per heavy atom. The number of rotatable bonds is 9. The van der Waals surface area contributed by atoms with Crippen LogP contribution < -0.4 is 22.9 Å². The van der Waals surface area contributed by atoms with E-state index in [9.17, 15) is 14.4 Å². The average Bonchev–Trinajstić information content (AvgIpc) is 2.40. The maximum atomic E-state index is 10.2. The number of carbonyl (C=O) groups is 3. The van der Waals surface area contributed by atoms with E-state index >= 15 is 0 Å². The fraction of sp³-hybridized carbons (Fsp3) is 0.636. The summed E-state index contributed by atoms with van der Waals surface area (Å²) in [5.41, 5.74) is 20.3. The first-order valence-corrected chi connectivity index (χ1v) is 6.31. The molecule has 0 aromatic carbocycles. The summed E-state index contributed by atoms with van der Waals surface area (Å²) in [6, 6.07) is -1.88. The molecule has 0 unspecified atom stereocenters. The van der Waals surface area contributed by atoms with E-state index in [2.05, 4.69) is 4.99 Å². The van der Waals surface area contributed by atoms with Gasteiger partial charge in [0.2, 0.25) is 0 Å². The Morgan fingerprint density at radius 1 is 0.909 bits per heavy atom. The van der Waals surface area contributed by atoms with Crippen molar-refractivity contribution in [2.24, 2.45) is 27.9 Å². The molecular weight excluding hydrogens is 298 g/mol. The lowest BCUT2D eigenvalue weighted by molar-refractivity contribution is -0.140. The van der Waals surface area contributed by atoms with E-state index in [1.54, 1.807) is 0 Å². The van der Waals surface area contributed by atoms with Crippen molar-refractivity contribution < 1.29 is 29.7 Å². The van der Waals surface area contributed by atoms with Crippen molar-refractivity contribution in [1.82, 2.24) is 0 Å². The second-order valence-corrected chi connectivity index (χ2v) is 4.27. The lowest BCUT2D eigenvalue weighted by atomic mass is 10.2. The van der Waals surface area contributed by atoms with E-state index < -0.39 is 30.0 Å². The number of carboxylic acids is 3. The summed E-state index contributed by atoms with van der Waals surface area (Å²) in [5, 5.41) is 24.7. The van der Waals surface area contributed by atoms with Crippen LogP contribution in [0.5, 0.6) is 0 Å². The lowest BCUT2D eigenvalue weighted by Gasteiger charge is -2.03. The van der Waals surface area contributed by atoms with Crippen LogP contribution >= 0.6 is 0 Å². The van der Waals surface area contributed by atoms with Crippen LogP contribution in [0.4, 0.5) is 0 Å². The number of nitrogens with zero attached hydrogens (tertiary/aromatic N) is 1. The summed E-state index contributed by atoms with van der Waals surface area (Å²) in [6.45, 7) is 0.420. The first-order valence-electron chi connectivity index (χ1n) is 6.31. The number of guanidine groups is 1. The molecule has 0 amide bonds. The van der Waals surface area contributed by atoms with E-state index in [0.717, 1.165) is 0 Å². The monoisotopic (exact) mass is 321 g/mol. The van der Waals surface area contributed by atoms with Crippen molar-refractivity contribution in [3.63, 3.8) is 0 Å². The van der Waals surface area contributed by atoms with E-state index in [-0.39, 0.29) is 18.8 Å². The molecule has 22 heavy (non-hydrogen) atoms. The van der Waals surface area contributed by atoms with Gasteiger partial charge >= 0.3 is 17.9 Å². The van der Waals surface area contributed by atoms with Crippen molar-refractivity contribution in [3.05, 3.63) is 0 Å². The Balaban J connectivity index is 0. The Hall–Kier alpha value is -2.40. The van der Waals surface area contributed by atoms with E-state index in [0.29, 0.717) is 19.4 Å². The minimum Gasteiger partial charge on any atom is -0.481 e. The van der Waals surface area contributed by atoms with E-state index in [4.69, 9.17) is 38.3 Å². The minimum absolute atomic E-state index is 0.0129. The van der Waals surface area contributed by atoms with Gasteiger partial charge in [0.15, 0.2) is 5.96 Å². The van der Waals surface area contributed by atoms with Gasteiger partial charge in [0.1, 0.15) is 12.1 Å². The molecule has 0 heterocycles. The zero-order valence-electron chi connectivity index (χ0n) is 12.0. The predicted molar refractivity (Wildman–Crippen MR) is 78.0 cm³/mol. The van der Waals surface area contributed by atoms with Crippen LogP contribution in [0.1, 0.15) is 25.7 Å². The quantitative estimate of drug-likeness (QED) is 0.136. The van der Waals surface area contributed by atoms with Crippen molar-refractivity contribution in [1.29, 1.82) is 0 Å². The van der Waals surface area contributed by atoms with E-state index in [1.807, 2.05) is 0 Å². The predicted octanol–water partition coefficient (Wildman–Crippen LogP) is -2.28. The van der Waals surface area contributed by atoms with Crippen LogP contribution in [0.3, 0.4) is 0 Å². The van der Waals surface area contributed by atoms with Crippen LogP contribution in [0.25, 0.3) is 0 Å². The summed E-state index contributed by atoms with van der Waals surface area (Å²) >= 11 is 0. The van der Waals surface area contributed by atoms with Gasteiger partial charge in [-0.1, -0.05) is 0 Å². The van der Waals surface area contributed by atoms with Crippen molar-refractivity contribution in [2.45, 2.75) is 37.8 Å². The lowest BCUT2D eigenvalue weighted by Crippen LogP contribution is -2.30. The third-order valence-corrected chi connectivity index (χ3v) is 2.27. The van der Waals surface area contributed by atoms with Gasteiger partial charge < -0.3 is 38.3 Å². The number of aliphatic imine (C=N–C) groups is 1. The maximum absolute atomic E-state index is 10.2. The van der Waals surface area contributed by atoms with Crippen LogP contribution in [-0.4, -0.2) is 57.8 Å². The summed E-state index contributed by atoms with van der Waals surface area (Å²) in [5.74, 6) is -3.18. The smallest absolute Gasteiger partial charge is 0.320 e. The van der Waals surface area contributed by atoms with Crippen LogP contribution in [0.2, 0.25) is 0 Å². The fourth-order valence-electron chi connectivity index (χ4n) is 1.05. The molecule has 0 saturated heterocycles. The highest BCUT2D eigenvalue weighted by Crippen LogP contribution is 1.94. The SMILES string of the molecule is NC(N)=NCCC[C@H](N)C(=O)O.N[C@H](CCC(=O)O)C(=O)O. The average molecular weight is 321 g/mol. The normalized spacial score (nSPS) is 12.3. The van der Waals surface area contributed by atoms with Gasteiger partial charge in [0.05, 0.1) is 0 Å². The number of hydrogen-bond acceptors (Lipinski definition) is 6. The Kier molecular flexibility index (Phi) is 12.3. The summed E-state index contributed by atoms with van der Waals surface area (Å²) in [6.07, 6.45) is 0.732. The van der Waals surface area contributed by atoms with Crippen LogP contribution in [0.15, 0.2) is 4.99 Å². The molecule has 0 rings (SSSR count). The third-order valence-electron chi connectivity index (χ3n) is 2.27. The molecule has 11 nitrogen and oxygen atoms in total. The number of hydrogen-bond donors (Lipinski definition) is 7. The zero-order valence-corrected chi connectivity index (χ0v) is 12.0. The Bertz CT molecular complexity index is 396. The summed E-state index contributed by atoms with van der Waals surface area (Å²) in [7, 11) is 0. The molecule has 0 aliphatic heterocycles. The third kappa shape index (κ3) is 15.7. The molecule has 0 aliphatic rings. The van der Waals surface area contributed by atoms with Gasteiger partial charge in [-0.15, -0.1) is 0 Å². The molecule has 0 bridgehead atoms. The highest BCUT2D eigenvalue weighted by Gasteiger charge is 2.12. The molecule has 128 valence electrons. The molecule has 0 aromatic rings. The number of aliphatic carboxylic acids is 3. The van der Waals surface area contributed by atoms with Gasteiger partial charge in [0, 0.05) is 13.0 Å². The topological polar surface area (TPSA) is 228 Å². The molecule has 0 spiro atoms. The molecular formula is C11H23N5O6. The number of nitrogens with two attached hydrogens (primary N) is 4. The summed E-state index contributed by atoms with van der Waals surface area (Å²) < 4.78 is 0. The highest BCUT2D eigenvalue weighted by molar-refractivity contribution is 5.75. The molecule has 11 heteroatoms. The van der Waals surface area contributed by atoms with Crippen molar-refractivity contribution >= 4 is 23.9 Å². The van der Waals surface area contributed by atoms with Gasteiger partial charge in [-0.2, -0.15) is 0 Å². The molecule has 0 aromatic heterocycles. The highest BCUT2D eigenvalue weighted by atomic mass is 16.4. The molecule has 0 radical (unpaired) electrons. The zero-order chi connectivity index (χ0) is 17.7. The Labute approximate surface area is 127 Å². The van der Waals surface area contributed by atoms with Crippen LogP contribution in [0, 0.1) is 0 Å². The standard InChI is InChI=1S/C6H14N4O2.C5H9NO4/c7-4(5(11)12)2-1-3-10-6(8)9;6-3(5(9)10)1-2-4(7)8/h4H,1-3,7H2,(H,11,12)(H4,8,9,10);3H,1-2,6H2,(H,7,8)(H,9,10)/t4-;3-/m01/s1. The maximum Gasteiger partial charge on any atom is 0.320 e. The largest absolute Gasteiger partial charge is 0.481 e. The van der Waals surface area contributed by atoms with Gasteiger partial charge in [-0.25, -0.2) is 0 Å². The van der Waals surface area contributed by atoms with Crippen LogP contribution in [-0.2, 0) is 14.4 Å². The Morgan fingerprint density at radius 2 is 1.36 bits per heavy atom. The molecule has 11 N–H and O–H groups in total. The molecule has 2 atom stereocenters.